The van der Waals surface area contributed by atoms with E-state index in [-0.39, 0.29) is 18.4 Å². The number of ether oxygens (including phenoxy) is 2. The van der Waals surface area contributed by atoms with Gasteiger partial charge in [-0.15, -0.1) is 0 Å². The molecule has 4 heteroatoms. The SMILES string of the molecule is C=CCOc1ccc2c(c1)[C@H](CCCC)[C@@H](CC(=O)O)O2. The van der Waals surface area contributed by atoms with Crippen LogP contribution in [-0.4, -0.2) is 23.8 Å². The maximum atomic E-state index is 11.0. The summed E-state index contributed by atoms with van der Waals surface area (Å²) in [4.78, 5) is 11.0. The molecule has 0 radical (unpaired) electrons. The van der Waals surface area contributed by atoms with Gasteiger partial charge in [-0.25, -0.2) is 0 Å². The molecule has 0 aliphatic carbocycles. The van der Waals surface area contributed by atoms with Crippen molar-refractivity contribution in [3.8, 4) is 11.5 Å². The number of carbonyl (C=O) groups is 1. The molecule has 1 aliphatic rings. The molecule has 0 fully saturated rings. The molecule has 21 heavy (non-hydrogen) atoms. The number of carboxylic acid groups (broad SMARTS) is 1. The van der Waals surface area contributed by atoms with E-state index in [9.17, 15) is 4.79 Å². The van der Waals surface area contributed by atoms with Crippen LogP contribution in [-0.2, 0) is 4.79 Å². The molecule has 0 saturated carbocycles. The summed E-state index contributed by atoms with van der Waals surface area (Å²) in [6.07, 6.45) is 4.53. The Kier molecular flexibility index (Phi) is 5.26. The molecule has 0 aromatic heterocycles. The van der Waals surface area contributed by atoms with Crippen molar-refractivity contribution >= 4 is 5.97 Å². The normalized spacial score (nSPS) is 19.7. The Labute approximate surface area is 125 Å². The van der Waals surface area contributed by atoms with Gasteiger partial charge in [-0.2, -0.15) is 0 Å². The average molecular weight is 290 g/mol. The molecular formula is C17H22O4. The second-order valence-corrected chi connectivity index (χ2v) is 5.30. The summed E-state index contributed by atoms with van der Waals surface area (Å²) < 4.78 is 11.4. The fourth-order valence-corrected chi connectivity index (χ4v) is 2.74. The topological polar surface area (TPSA) is 55.8 Å². The first-order chi connectivity index (χ1) is 10.2. The third-order valence-corrected chi connectivity index (χ3v) is 3.72. The van der Waals surface area contributed by atoms with E-state index in [4.69, 9.17) is 14.6 Å². The number of aliphatic carboxylic acids is 1. The van der Waals surface area contributed by atoms with Gasteiger partial charge in [-0.05, 0) is 24.6 Å². The van der Waals surface area contributed by atoms with Gasteiger partial charge in [-0.3, -0.25) is 4.79 Å². The molecule has 1 heterocycles. The quantitative estimate of drug-likeness (QED) is 0.741. The summed E-state index contributed by atoms with van der Waals surface area (Å²) in [6, 6.07) is 5.69. The Morgan fingerprint density at radius 3 is 3.00 bits per heavy atom. The number of hydrogen-bond donors (Lipinski definition) is 1. The number of hydrogen-bond acceptors (Lipinski definition) is 3. The van der Waals surface area contributed by atoms with Crippen LogP contribution in [0.2, 0.25) is 0 Å². The van der Waals surface area contributed by atoms with E-state index in [1.807, 2.05) is 18.2 Å². The van der Waals surface area contributed by atoms with Crippen molar-refractivity contribution in [3.05, 3.63) is 36.4 Å². The smallest absolute Gasteiger partial charge is 0.307 e. The van der Waals surface area contributed by atoms with Gasteiger partial charge in [-0.1, -0.05) is 32.4 Å². The second-order valence-electron chi connectivity index (χ2n) is 5.30. The first kappa shape index (κ1) is 15.4. The lowest BCUT2D eigenvalue weighted by Gasteiger charge is -2.17. The lowest BCUT2D eigenvalue weighted by atomic mass is 9.89. The molecule has 0 unspecified atom stereocenters. The Bertz CT molecular complexity index is 510. The average Bonchev–Trinajstić information content (AvgIpc) is 2.78. The Balaban J connectivity index is 2.20. The van der Waals surface area contributed by atoms with Crippen LogP contribution in [0.1, 0.15) is 44.1 Å². The van der Waals surface area contributed by atoms with E-state index >= 15 is 0 Å². The lowest BCUT2D eigenvalue weighted by molar-refractivity contribution is -0.138. The monoisotopic (exact) mass is 290 g/mol. The largest absolute Gasteiger partial charge is 0.490 e. The van der Waals surface area contributed by atoms with E-state index in [2.05, 4.69) is 13.5 Å². The maximum Gasteiger partial charge on any atom is 0.307 e. The molecule has 2 atom stereocenters. The van der Waals surface area contributed by atoms with Crippen molar-refractivity contribution in [2.75, 3.05) is 6.61 Å². The van der Waals surface area contributed by atoms with Crippen LogP contribution in [0.3, 0.4) is 0 Å². The zero-order valence-corrected chi connectivity index (χ0v) is 12.4. The predicted octanol–water partition coefficient (Wildman–Crippen LogP) is 3.76. The minimum absolute atomic E-state index is 0.0336. The maximum absolute atomic E-state index is 11.0. The van der Waals surface area contributed by atoms with Crippen molar-refractivity contribution in [3.63, 3.8) is 0 Å². The van der Waals surface area contributed by atoms with Gasteiger partial charge >= 0.3 is 5.97 Å². The van der Waals surface area contributed by atoms with Crippen molar-refractivity contribution in [1.82, 2.24) is 0 Å². The minimum Gasteiger partial charge on any atom is -0.490 e. The molecule has 1 N–H and O–H groups in total. The van der Waals surface area contributed by atoms with Crippen LogP contribution < -0.4 is 9.47 Å². The molecule has 114 valence electrons. The second kappa shape index (κ2) is 7.16. The summed E-state index contributed by atoms with van der Waals surface area (Å²) in [5.41, 5.74) is 1.07. The zero-order valence-electron chi connectivity index (χ0n) is 12.4. The van der Waals surface area contributed by atoms with E-state index in [1.165, 1.54) is 0 Å². The number of benzene rings is 1. The molecule has 0 amide bonds. The number of unbranched alkanes of at least 4 members (excludes halogenated alkanes) is 1. The minimum atomic E-state index is -0.822. The van der Waals surface area contributed by atoms with Gasteiger partial charge in [0.25, 0.3) is 0 Å². The summed E-state index contributed by atoms with van der Waals surface area (Å²) >= 11 is 0. The third kappa shape index (κ3) is 3.78. The van der Waals surface area contributed by atoms with E-state index in [0.29, 0.717) is 6.61 Å². The first-order valence-corrected chi connectivity index (χ1v) is 7.41. The highest BCUT2D eigenvalue weighted by Gasteiger charge is 2.35. The summed E-state index contributed by atoms with van der Waals surface area (Å²) in [5.74, 6) is 0.865. The van der Waals surface area contributed by atoms with Crippen LogP contribution >= 0.6 is 0 Å². The Morgan fingerprint density at radius 2 is 2.33 bits per heavy atom. The van der Waals surface area contributed by atoms with Crippen LogP contribution in [0.25, 0.3) is 0 Å². The van der Waals surface area contributed by atoms with Crippen molar-refractivity contribution < 1.29 is 19.4 Å². The van der Waals surface area contributed by atoms with Crippen molar-refractivity contribution in [2.45, 2.75) is 44.6 Å². The molecular weight excluding hydrogens is 268 g/mol. The fourth-order valence-electron chi connectivity index (χ4n) is 2.74. The third-order valence-electron chi connectivity index (χ3n) is 3.72. The van der Waals surface area contributed by atoms with Gasteiger partial charge < -0.3 is 14.6 Å². The highest BCUT2D eigenvalue weighted by atomic mass is 16.5. The standard InChI is InChI=1S/C17H22O4/c1-3-5-6-13-14-10-12(20-9-4-2)7-8-15(14)21-16(13)11-17(18)19/h4,7-8,10,13,16H,2-3,5-6,9,11H2,1H3,(H,18,19)/t13-,16+/m0/s1. The zero-order chi connectivity index (χ0) is 15.2. The van der Waals surface area contributed by atoms with E-state index < -0.39 is 5.97 Å². The molecule has 1 aliphatic heterocycles. The number of rotatable bonds is 8. The first-order valence-electron chi connectivity index (χ1n) is 7.41. The number of fused-ring (bicyclic) bond motifs is 1. The van der Waals surface area contributed by atoms with Gasteiger partial charge in [0.1, 0.15) is 24.2 Å². The number of carboxylic acids is 1. The van der Waals surface area contributed by atoms with Gasteiger partial charge in [0.15, 0.2) is 0 Å². The van der Waals surface area contributed by atoms with Gasteiger partial charge in [0, 0.05) is 11.5 Å². The Morgan fingerprint density at radius 1 is 1.52 bits per heavy atom. The fraction of sp³-hybridized carbons (Fsp3) is 0.471. The molecule has 1 aromatic carbocycles. The van der Waals surface area contributed by atoms with Crippen LogP contribution in [0.5, 0.6) is 11.5 Å². The van der Waals surface area contributed by atoms with Gasteiger partial charge in [0.05, 0.1) is 6.42 Å². The highest BCUT2D eigenvalue weighted by Crippen LogP contribution is 2.43. The van der Waals surface area contributed by atoms with E-state index in [1.54, 1.807) is 6.08 Å². The van der Waals surface area contributed by atoms with E-state index in [0.717, 1.165) is 36.3 Å². The van der Waals surface area contributed by atoms with Crippen LogP contribution in [0.15, 0.2) is 30.9 Å². The highest BCUT2D eigenvalue weighted by molar-refractivity contribution is 5.68. The Hall–Kier alpha value is -1.97. The van der Waals surface area contributed by atoms with Crippen molar-refractivity contribution in [1.29, 1.82) is 0 Å². The molecule has 2 rings (SSSR count). The molecule has 0 bridgehead atoms. The van der Waals surface area contributed by atoms with Crippen molar-refractivity contribution in [2.24, 2.45) is 0 Å². The predicted molar refractivity (Wildman–Crippen MR) is 81.1 cm³/mol. The molecule has 0 saturated heterocycles. The lowest BCUT2D eigenvalue weighted by Crippen LogP contribution is -2.22. The summed E-state index contributed by atoms with van der Waals surface area (Å²) in [6.45, 7) is 6.22. The molecule has 4 nitrogen and oxygen atoms in total. The molecule has 1 aromatic rings. The summed E-state index contributed by atoms with van der Waals surface area (Å²) in [5, 5.41) is 9.05. The van der Waals surface area contributed by atoms with Crippen LogP contribution in [0.4, 0.5) is 0 Å². The molecule has 0 spiro atoms. The summed E-state index contributed by atoms with van der Waals surface area (Å²) in [7, 11) is 0. The van der Waals surface area contributed by atoms with Gasteiger partial charge in [0.2, 0.25) is 0 Å². The van der Waals surface area contributed by atoms with Crippen LogP contribution in [0, 0.1) is 0 Å².